The number of amides is 2. The van der Waals surface area contributed by atoms with E-state index in [0.29, 0.717) is 10.2 Å². The molecule has 0 fully saturated rings. The van der Waals surface area contributed by atoms with Gasteiger partial charge in [0, 0.05) is 18.2 Å². The zero-order valence-electron chi connectivity index (χ0n) is 14.2. The third-order valence-corrected chi connectivity index (χ3v) is 4.47. The first-order valence-corrected chi connectivity index (χ1v) is 8.57. The monoisotopic (exact) mass is 483 g/mol. The standard InChI is InChI=1S/C17H12BrF6N3O2/c18-13-8(2-1-3-26-13)6-12(14(25)28)27-15(29)9-4-10(16(19,20)21)7-11(5-9)17(22,23)24/h1-5,7,12H,6H2,(H2,25,28)(H,27,29)/t12-/m0/s1. The number of nitrogens with one attached hydrogen (secondary N) is 1. The molecule has 0 spiro atoms. The number of nitrogens with zero attached hydrogens (tertiary/aromatic N) is 1. The highest BCUT2D eigenvalue weighted by molar-refractivity contribution is 9.10. The minimum atomic E-state index is -5.11. The van der Waals surface area contributed by atoms with Crippen molar-refractivity contribution in [1.82, 2.24) is 10.3 Å². The Morgan fingerprint density at radius 3 is 2.07 bits per heavy atom. The number of carbonyl (C=O) groups excluding carboxylic acids is 2. The second-order valence-corrected chi connectivity index (χ2v) is 6.63. The molecule has 0 radical (unpaired) electrons. The Labute approximate surface area is 168 Å². The van der Waals surface area contributed by atoms with Crippen LogP contribution >= 0.6 is 15.9 Å². The maximum absolute atomic E-state index is 12.9. The lowest BCUT2D eigenvalue weighted by atomic mass is 10.0. The van der Waals surface area contributed by atoms with Gasteiger partial charge in [0.25, 0.3) is 5.91 Å². The Kier molecular flexibility index (Phi) is 6.56. The summed E-state index contributed by atoms with van der Waals surface area (Å²) in [6.45, 7) is 0. The van der Waals surface area contributed by atoms with Crippen LogP contribution in [0.15, 0.2) is 41.1 Å². The first-order chi connectivity index (χ1) is 13.3. The minimum absolute atomic E-state index is 0.102. The number of nitrogens with two attached hydrogens (primary N) is 1. The Morgan fingerprint density at radius 1 is 1.07 bits per heavy atom. The molecule has 2 rings (SSSR count). The van der Waals surface area contributed by atoms with E-state index >= 15 is 0 Å². The number of halogens is 7. The topological polar surface area (TPSA) is 85.1 Å². The highest BCUT2D eigenvalue weighted by Gasteiger charge is 2.37. The molecule has 1 aromatic carbocycles. The van der Waals surface area contributed by atoms with Crippen molar-refractivity contribution in [3.05, 3.63) is 63.4 Å². The molecule has 5 nitrogen and oxygen atoms in total. The molecule has 2 amide bonds. The van der Waals surface area contributed by atoms with E-state index in [4.69, 9.17) is 5.73 Å². The second-order valence-electron chi connectivity index (χ2n) is 5.88. The van der Waals surface area contributed by atoms with E-state index in [2.05, 4.69) is 26.2 Å². The minimum Gasteiger partial charge on any atom is -0.368 e. The molecule has 1 aromatic heterocycles. The third-order valence-electron chi connectivity index (χ3n) is 3.76. The molecule has 3 N–H and O–H groups in total. The quantitative estimate of drug-likeness (QED) is 0.502. The van der Waals surface area contributed by atoms with Crippen LogP contribution in [0, 0.1) is 0 Å². The van der Waals surface area contributed by atoms with Crippen molar-refractivity contribution in [1.29, 1.82) is 0 Å². The molecule has 0 bridgehead atoms. The third kappa shape index (κ3) is 5.92. The maximum Gasteiger partial charge on any atom is 0.416 e. The number of rotatable bonds is 5. The number of pyridine rings is 1. The fraction of sp³-hybridized carbons (Fsp3) is 0.235. The average Bonchev–Trinajstić information content (AvgIpc) is 2.60. The van der Waals surface area contributed by atoms with Gasteiger partial charge in [0.15, 0.2) is 0 Å². The summed E-state index contributed by atoms with van der Waals surface area (Å²) in [7, 11) is 0. The van der Waals surface area contributed by atoms with E-state index in [1.54, 1.807) is 6.07 Å². The van der Waals surface area contributed by atoms with E-state index < -0.39 is 46.9 Å². The van der Waals surface area contributed by atoms with Gasteiger partial charge in [0.1, 0.15) is 10.6 Å². The summed E-state index contributed by atoms with van der Waals surface area (Å²) < 4.78 is 78.0. The maximum atomic E-state index is 12.9. The summed E-state index contributed by atoms with van der Waals surface area (Å²) in [6.07, 6.45) is -8.97. The van der Waals surface area contributed by atoms with Crippen LogP contribution in [0.3, 0.4) is 0 Å². The summed E-state index contributed by atoms with van der Waals surface area (Å²) >= 11 is 3.12. The van der Waals surface area contributed by atoms with Crippen molar-refractivity contribution in [2.45, 2.75) is 24.8 Å². The van der Waals surface area contributed by atoms with Gasteiger partial charge in [0.2, 0.25) is 5.91 Å². The zero-order valence-corrected chi connectivity index (χ0v) is 15.8. The van der Waals surface area contributed by atoms with Crippen LogP contribution in [-0.4, -0.2) is 22.8 Å². The number of hydrogen-bond acceptors (Lipinski definition) is 3. The smallest absolute Gasteiger partial charge is 0.368 e. The van der Waals surface area contributed by atoms with Crippen molar-refractivity contribution in [3.8, 4) is 0 Å². The summed E-state index contributed by atoms with van der Waals surface area (Å²) in [5, 5.41) is 2.07. The van der Waals surface area contributed by atoms with E-state index in [0.717, 1.165) is 0 Å². The number of benzene rings is 1. The molecule has 0 saturated heterocycles. The average molecular weight is 484 g/mol. The largest absolute Gasteiger partial charge is 0.416 e. The van der Waals surface area contributed by atoms with Crippen LogP contribution in [0.1, 0.15) is 27.0 Å². The van der Waals surface area contributed by atoms with Crippen LogP contribution in [0.25, 0.3) is 0 Å². The predicted octanol–water partition coefficient (Wildman–Crippen LogP) is 3.71. The molecule has 0 aliphatic heterocycles. The van der Waals surface area contributed by atoms with Gasteiger partial charge in [-0.3, -0.25) is 9.59 Å². The van der Waals surface area contributed by atoms with Gasteiger partial charge < -0.3 is 11.1 Å². The van der Waals surface area contributed by atoms with Crippen LogP contribution in [0.5, 0.6) is 0 Å². The second kappa shape index (κ2) is 8.39. The molecular weight excluding hydrogens is 472 g/mol. The molecular formula is C17H12BrF6N3O2. The molecule has 12 heteroatoms. The number of alkyl halides is 6. The molecule has 0 aliphatic rings. The summed E-state index contributed by atoms with van der Waals surface area (Å²) in [5.74, 6) is -2.34. The van der Waals surface area contributed by atoms with Gasteiger partial charge >= 0.3 is 12.4 Å². The lowest BCUT2D eigenvalue weighted by Crippen LogP contribution is -2.46. The fourth-order valence-electron chi connectivity index (χ4n) is 2.34. The van der Waals surface area contributed by atoms with Crippen molar-refractivity contribution in [2.24, 2.45) is 5.73 Å². The molecule has 156 valence electrons. The lowest BCUT2D eigenvalue weighted by molar-refractivity contribution is -0.143. The van der Waals surface area contributed by atoms with Gasteiger partial charge in [-0.15, -0.1) is 0 Å². The van der Waals surface area contributed by atoms with E-state index in [-0.39, 0.29) is 24.6 Å². The molecule has 1 atom stereocenters. The fourth-order valence-corrected chi connectivity index (χ4v) is 2.75. The molecule has 0 aliphatic carbocycles. The summed E-state index contributed by atoms with van der Waals surface area (Å²) in [6, 6.07) is 2.11. The number of aromatic nitrogens is 1. The number of hydrogen-bond donors (Lipinski definition) is 2. The molecule has 2 aromatic rings. The SMILES string of the molecule is NC(=O)[C@H](Cc1cccnc1Br)NC(=O)c1cc(C(F)(F)F)cc(C(F)(F)F)c1. The van der Waals surface area contributed by atoms with Crippen LogP contribution in [0.4, 0.5) is 26.3 Å². The van der Waals surface area contributed by atoms with Crippen LogP contribution in [0.2, 0.25) is 0 Å². The predicted molar refractivity (Wildman–Crippen MR) is 92.5 cm³/mol. The Balaban J connectivity index is 2.36. The van der Waals surface area contributed by atoms with Gasteiger partial charge in [-0.05, 0) is 45.8 Å². The van der Waals surface area contributed by atoms with Gasteiger partial charge in [-0.2, -0.15) is 26.3 Å². The van der Waals surface area contributed by atoms with Gasteiger partial charge in [-0.25, -0.2) is 4.98 Å². The van der Waals surface area contributed by atoms with E-state index in [1.165, 1.54) is 12.3 Å². The van der Waals surface area contributed by atoms with Gasteiger partial charge in [-0.1, -0.05) is 6.07 Å². The lowest BCUT2D eigenvalue weighted by Gasteiger charge is -2.18. The van der Waals surface area contributed by atoms with Gasteiger partial charge in [0.05, 0.1) is 11.1 Å². The van der Waals surface area contributed by atoms with E-state index in [9.17, 15) is 35.9 Å². The van der Waals surface area contributed by atoms with Crippen molar-refractivity contribution < 1.29 is 35.9 Å². The first kappa shape index (κ1) is 22.7. The molecule has 1 heterocycles. The highest BCUT2D eigenvalue weighted by Crippen LogP contribution is 2.36. The van der Waals surface area contributed by atoms with E-state index in [1.807, 2.05) is 0 Å². The highest BCUT2D eigenvalue weighted by atomic mass is 79.9. The summed E-state index contributed by atoms with van der Waals surface area (Å²) in [4.78, 5) is 27.9. The zero-order chi connectivity index (χ0) is 22.0. The van der Waals surface area contributed by atoms with Crippen molar-refractivity contribution >= 4 is 27.7 Å². The van der Waals surface area contributed by atoms with Crippen LogP contribution in [-0.2, 0) is 23.6 Å². The Bertz CT molecular complexity index is 898. The molecule has 0 saturated carbocycles. The molecule has 29 heavy (non-hydrogen) atoms. The normalized spacial score (nSPS) is 13.1. The van der Waals surface area contributed by atoms with Crippen molar-refractivity contribution in [2.75, 3.05) is 0 Å². The number of primary amides is 1. The van der Waals surface area contributed by atoms with Crippen LogP contribution < -0.4 is 11.1 Å². The number of carbonyl (C=O) groups is 2. The molecule has 0 unspecified atom stereocenters. The Hall–Kier alpha value is -2.63. The Morgan fingerprint density at radius 2 is 1.62 bits per heavy atom. The first-order valence-electron chi connectivity index (χ1n) is 7.78. The van der Waals surface area contributed by atoms with Crippen molar-refractivity contribution in [3.63, 3.8) is 0 Å². The summed E-state index contributed by atoms with van der Waals surface area (Å²) in [5.41, 5.74) is 1.44.